The van der Waals surface area contributed by atoms with Crippen LogP contribution in [0.25, 0.3) is 0 Å². The lowest BCUT2D eigenvalue weighted by Crippen LogP contribution is -2.48. The van der Waals surface area contributed by atoms with Crippen molar-refractivity contribution in [3.8, 4) is 0 Å². The van der Waals surface area contributed by atoms with Gasteiger partial charge in [-0.3, -0.25) is 0 Å². The Labute approximate surface area is 83.4 Å². The standard InChI is InChI=1S/C8H15NO2S2/c9-8(7-1-3-12-5-7)2-4-13(10,11)6-8/h7H,1-6,9H2. The van der Waals surface area contributed by atoms with Gasteiger partial charge in [0.25, 0.3) is 0 Å². The summed E-state index contributed by atoms with van der Waals surface area (Å²) in [7, 11) is -2.83. The Morgan fingerprint density at radius 1 is 1.46 bits per heavy atom. The van der Waals surface area contributed by atoms with Gasteiger partial charge in [0.2, 0.25) is 0 Å². The van der Waals surface area contributed by atoms with E-state index in [-0.39, 0.29) is 5.75 Å². The summed E-state index contributed by atoms with van der Waals surface area (Å²) in [5, 5.41) is 0. The molecule has 2 heterocycles. The number of rotatable bonds is 1. The third kappa shape index (κ3) is 1.87. The second-order valence-electron chi connectivity index (χ2n) is 4.14. The molecule has 5 heteroatoms. The van der Waals surface area contributed by atoms with E-state index in [1.54, 1.807) is 0 Å². The van der Waals surface area contributed by atoms with Crippen molar-refractivity contribution in [1.29, 1.82) is 0 Å². The van der Waals surface area contributed by atoms with Crippen LogP contribution in [0, 0.1) is 5.92 Å². The molecule has 2 N–H and O–H groups in total. The van der Waals surface area contributed by atoms with Crippen molar-refractivity contribution in [3.05, 3.63) is 0 Å². The van der Waals surface area contributed by atoms with E-state index in [0.29, 0.717) is 18.1 Å². The summed E-state index contributed by atoms with van der Waals surface area (Å²) in [5.41, 5.74) is 5.75. The van der Waals surface area contributed by atoms with Gasteiger partial charge in [0.15, 0.2) is 9.84 Å². The molecule has 2 aliphatic heterocycles. The lowest BCUT2D eigenvalue weighted by Gasteiger charge is -2.28. The zero-order valence-corrected chi connectivity index (χ0v) is 9.16. The lowest BCUT2D eigenvalue weighted by atomic mass is 9.84. The zero-order chi connectivity index (χ0) is 9.53. The van der Waals surface area contributed by atoms with E-state index in [9.17, 15) is 8.42 Å². The Kier molecular flexibility index (Phi) is 2.37. The summed E-state index contributed by atoms with van der Waals surface area (Å²) < 4.78 is 22.6. The first-order chi connectivity index (χ1) is 6.02. The second-order valence-corrected chi connectivity index (χ2v) is 7.47. The van der Waals surface area contributed by atoms with E-state index >= 15 is 0 Å². The van der Waals surface area contributed by atoms with E-state index in [4.69, 9.17) is 5.73 Å². The maximum atomic E-state index is 11.3. The molecule has 0 aromatic heterocycles. The number of hydrogen-bond donors (Lipinski definition) is 1. The fraction of sp³-hybridized carbons (Fsp3) is 1.00. The van der Waals surface area contributed by atoms with Crippen LogP contribution >= 0.6 is 11.8 Å². The first-order valence-corrected chi connectivity index (χ1v) is 7.57. The van der Waals surface area contributed by atoms with Gasteiger partial charge in [-0.25, -0.2) is 8.42 Å². The van der Waals surface area contributed by atoms with Crippen LogP contribution in [0.2, 0.25) is 0 Å². The third-order valence-corrected chi connectivity index (χ3v) is 6.08. The minimum absolute atomic E-state index is 0.214. The van der Waals surface area contributed by atoms with Crippen LogP contribution in [0.3, 0.4) is 0 Å². The average molecular weight is 221 g/mol. The highest BCUT2D eigenvalue weighted by atomic mass is 32.2. The molecular formula is C8H15NO2S2. The Hall–Kier alpha value is 0.260. The van der Waals surface area contributed by atoms with Gasteiger partial charge in [0.05, 0.1) is 11.5 Å². The summed E-state index contributed by atoms with van der Waals surface area (Å²) in [6.45, 7) is 0. The maximum Gasteiger partial charge on any atom is 0.152 e. The van der Waals surface area contributed by atoms with Gasteiger partial charge in [0.1, 0.15) is 0 Å². The maximum absolute atomic E-state index is 11.3. The summed E-state index contributed by atoms with van der Waals surface area (Å²) in [6.07, 6.45) is 1.76. The Morgan fingerprint density at radius 3 is 2.69 bits per heavy atom. The monoisotopic (exact) mass is 221 g/mol. The number of nitrogens with two attached hydrogens (primary N) is 1. The minimum Gasteiger partial charge on any atom is -0.324 e. The van der Waals surface area contributed by atoms with Crippen molar-refractivity contribution < 1.29 is 8.42 Å². The van der Waals surface area contributed by atoms with Gasteiger partial charge in [-0.2, -0.15) is 11.8 Å². The molecule has 3 nitrogen and oxygen atoms in total. The predicted octanol–water partition coefficient (Wildman–Crippen LogP) is 0.255. The summed E-state index contributed by atoms with van der Waals surface area (Å²) in [5.74, 6) is 3.13. The third-order valence-electron chi connectivity index (χ3n) is 3.11. The molecule has 0 spiro atoms. The molecule has 76 valence electrons. The average Bonchev–Trinajstić information content (AvgIpc) is 2.58. The molecule has 2 fully saturated rings. The fourth-order valence-electron chi connectivity index (χ4n) is 2.21. The molecule has 2 atom stereocenters. The van der Waals surface area contributed by atoms with Crippen LogP contribution in [-0.2, 0) is 9.84 Å². The summed E-state index contributed by atoms with van der Waals surface area (Å²) in [4.78, 5) is 0. The number of hydrogen-bond acceptors (Lipinski definition) is 4. The van der Waals surface area contributed by atoms with Gasteiger partial charge in [0, 0.05) is 5.54 Å². The van der Waals surface area contributed by atoms with Crippen LogP contribution < -0.4 is 5.73 Å². The lowest BCUT2D eigenvalue weighted by molar-refractivity contribution is 0.331. The largest absolute Gasteiger partial charge is 0.324 e. The molecule has 0 bridgehead atoms. The van der Waals surface area contributed by atoms with Gasteiger partial charge in [-0.05, 0) is 30.3 Å². The highest BCUT2D eigenvalue weighted by Gasteiger charge is 2.45. The zero-order valence-electron chi connectivity index (χ0n) is 7.53. The molecule has 0 saturated carbocycles. The Bertz CT molecular complexity index is 295. The first-order valence-electron chi connectivity index (χ1n) is 4.59. The predicted molar refractivity (Wildman–Crippen MR) is 55.6 cm³/mol. The molecule has 2 saturated heterocycles. The SMILES string of the molecule is NC1(C2CCSC2)CCS(=O)(=O)C1. The van der Waals surface area contributed by atoms with Crippen LogP contribution in [-0.4, -0.2) is 37.0 Å². The first kappa shape index (κ1) is 9.80. The highest BCUT2D eigenvalue weighted by Crippen LogP contribution is 2.37. The molecule has 0 aromatic carbocycles. The fourth-order valence-corrected chi connectivity index (χ4v) is 5.64. The molecule has 0 aliphatic carbocycles. The smallest absolute Gasteiger partial charge is 0.152 e. The van der Waals surface area contributed by atoms with E-state index in [1.165, 1.54) is 0 Å². The summed E-state index contributed by atoms with van der Waals surface area (Å²) in [6, 6.07) is 0. The van der Waals surface area contributed by atoms with Crippen LogP contribution in [0.15, 0.2) is 0 Å². The molecular weight excluding hydrogens is 206 g/mol. The van der Waals surface area contributed by atoms with Crippen molar-refractivity contribution in [1.82, 2.24) is 0 Å². The quantitative estimate of drug-likeness (QED) is 0.690. The van der Waals surface area contributed by atoms with E-state index in [1.807, 2.05) is 11.8 Å². The van der Waals surface area contributed by atoms with Gasteiger partial charge in [-0.15, -0.1) is 0 Å². The Balaban J connectivity index is 2.13. The van der Waals surface area contributed by atoms with Crippen LogP contribution in [0.4, 0.5) is 0 Å². The van der Waals surface area contributed by atoms with Crippen molar-refractivity contribution in [2.24, 2.45) is 11.7 Å². The Morgan fingerprint density at radius 2 is 2.23 bits per heavy atom. The van der Waals surface area contributed by atoms with Crippen molar-refractivity contribution in [2.75, 3.05) is 23.0 Å². The van der Waals surface area contributed by atoms with Gasteiger partial charge in [-0.1, -0.05) is 0 Å². The second kappa shape index (κ2) is 3.14. The van der Waals surface area contributed by atoms with E-state index in [0.717, 1.165) is 17.9 Å². The van der Waals surface area contributed by atoms with Crippen LogP contribution in [0.1, 0.15) is 12.8 Å². The topological polar surface area (TPSA) is 60.2 Å². The van der Waals surface area contributed by atoms with Crippen LogP contribution in [0.5, 0.6) is 0 Å². The molecule has 2 unspecified atom stereocenters. The van der Waals surface area contributed by atoms with E-state index in [2.05, 4.69) is 0 Å². The molecule has 2 rings (SSSR count). The van der Waals surface area contributed by atoms with E-state index < -0.39 is 15.4 Å². The van der Waals surface area contributed by atoms with Crippen molar-refractivity contribution in [3.63, 3.8) is 0 Å². The molecule has 0 aromatic rings. The van der Waals surface area contributed by atoms with Gasteiger partial charge < -0.3 is 5.73 Å². The van der Waals surface area contributed by atoms with Crippen molar-refractivity contribution >= 4 is 21.6 Å². The molecule has 13 heavy (non-hydrogen) atoms. The number of thioether (sulfide) groups is 1. The number of sulfone groups is 1. The summed E-state index contributed by atoms with van der Waals surface area (Å²) >= 11 is 1.89. The molecule has 2 aliphatic rings. The van der Waals surface area contributed by atoms with Gasteiger partial charge >= 0.3 is 0 Å². The molecule has 0 amide bonds. The highest BCUT2D eigenvalue weighted by molar-refractivity contribution is 7.99. The molecule has 0 radical (unpaired) electrons. The normalized spacial score (nSPS) is 43.9. The van der Waals surface area contributed by atoms with Crippen molar-refractivity contribution in [2.45, 2.75) is 18.4 Å². The minimum atomic E-state index is -2.83.